The molecule has 0 bridgehead atoms. The number of halogens is 2. The second-order valence-electron chi connectivity index (χ2n) is 4.28. The maximum Gasteiger partial charge on any atom is 0.258 e. The lowest BCUT2D eigenvalue weighted by atomic mass is 10.1. The molecule has 0 atom stereocenters. The van der Waals surface area contributed by atoms with Crippen molar-refractivity contribution in [2.24, 2.45) is 5.16 Å². The van der Waals surface area contributed by atoms with Crippen LogP contribution in [0.25, 0.3) is 0 Å². The van der Waals surface area contributed by atoms with Crippen LogP contribution in [-0.2, 0) is 0 Å². The van der Waals surface area contributed by atoms with E-state index in [0.29, 0.717) is 17.0 Å². The lowest BCUT2D eigenvalue weighted by Gasteiger charge is -2.11. The van der Waals surface area contributed by atoms with Crippen molar-refractivity contribution in [3.8, 4) is 0 Å². The number of carbonyl (C=O) groups excluding carboxylic acids is 1. The zero-order valence-corrected chi connectivity index (χ0v) is 12.6. The number of carbonyl (C=O) groups is 1. The van der Waals surface area contributed by atoms with Crippen LogP contribution in [0.4, 0.5) is 5.69 Å². The van der Waals surface area contributed by atoms with E-state index < -0.39 is 5.91 Å². The summed E-state index contributed by atoms with van der Waals surface area (Å²) < 4.78 is 0. The number of nitrogens with one attached hydrogen (secondary N) is 1. The van der Waals surface area contributed by atoms with E-state index >= 15 is 0 Å². The molecule has 0 radical (unpaired) electrons. The summed E-state index contributed by atoms with van der Waals surface area (Å²) in [7, 11) is 0. The number of oxime groups is 1. The van der Waals surface area contributed by atoms with Gasteiger partial charge in [0.05, 0.1) is 27.0 Å². The lowest BCUT2D eigenvalue weighted by molar-refractivity contribution is 0.102. The van der Waals surface area contributed by atoms with E-state index in [4.69, 9.17) is 28.4 Å². The Morgan fingerprint density at radius 3 is 2.33 bits per heavy atom. The van der Waals surface area contributed by atoms with Crippen molar-refractivity contribution >= 4 is 40.5 Å². The number of benzene rings is 2. The molecule has 2 N–H and O–H groups in total. The number of anilines is 1. The topological polar surface area (TPSA) is 61.7 Å². The van der Waals surface area contributed by atoms with Gasteiger partial charge in [0.15, 0.2) is 0 Å². The van der Waals surface area contributed by atoms with Gasteiger partial charge in [-0.1, -0.05) is 52.6 Å². The Morgan fingerprint density at radius 1 is 1.10 bits per heavy atom. The number of hydrogen-bond acceptors (Lipinski definition) is 3. The molecule has 0 aliphatic rings. The Bertz CT molecular complexity index is 694. The first-order chi connectivity index (χ1) is 10.0. The van der Waals surface area contributed by atoms with Gasteiger partial charge < -0.3 is 10.5 Å². The largest absolute Gasteiger partial charge is 0.411 e. The fourth-order valence-electron chi connectivity index (χ4n) is 1.86. The molecular weight excluding hydrogens is 311 g/mol. The van der Waals surface area contributed by atoms with E-state index in [1.54, 1.807) is 49.4 Å². The van der Waals surface area contributed by atoms with E-state index in [9.17, 15) is 4.79 Å². The maximum absolute atomic E-state index is 12.3. The Kier molecular flexibility index (Phi) is 4.83. The molecule has 0 unspecified atom stereocenters. The number of hydrogen-bond donors (Lipinski definition) is 2. The molecule has 0 fully saturated rings. The summed E-state index contributed by atoms with van der Waals surface area (Å²) in [6.45, 7) is 1.63. The SMILES string of the molecule is C/C(=N\O)c1ccccc1NC(=O)c1c(Cl)cccc1Cl. The van der Waals surface area contributed by atoms with Gasteiger partial charge in [-0.3, -0.25) is 4.79 Å². The zero-order valence-electron chi connectivity index (χ0n) is 11.1. The number of amides is 1. The Labute approximate surface area is 132 Å². The van der Waals surface area contributed by atoms with Crippen LogP contribution in [0.1, 0.15) is 22.8 Å². The molecule has 0 heterocycles. The quantitative estimate of drug-likeness (QED) is 0.498. The summed E-state index contributed by atoms with van der Waals surface area (Å²) in [6, 6.07) is 11.8. The van der Waals surface area contributed by atoms with E-state index in [0.717, 1.165) is 0 Å². The van der Waals surface area contributed by atoms with Crippen LogP contribution in [-0.4, -0.2) is 16.8 Å². The normalized spacial score (nSPS) is 11.3. The Hall–Kier alpha value is -2.04. The van der Waals surface area contributed by atoms with Gasteiger partial charge in [0, 0.05) is 5.56 Å². The second-order valence-corrected chi connectivity index (χ2v) is 5.10. The van der Waals surface area contributed by atoms with Gasteiger partial charge in [-0.15, -0.1) is 0 Å². The average molecular weight is 323 g/mol. The molecule has 2 aromatic rings. The van der Waals surface area contributed by atoms with Crippen molar-refractivity contribution < 1.29 is 10.0 Å². The van der Waals surface area contributed by atoms with Crippen molar-refractivity contribution in [3.63, 3.8) is 0 Å². The van der Waals surface area contributed by atoms with E-state index in [1.165, 1.54) is 0 Å². The van der Waals surface area contributed by atoms with Crippen molar-refractivity contribution in [3.05, 3.63) is 63.6 Å². The molecule has 4 nitrogen and oxygen atoms in total. The minimum Gasteiger partial charge on any atom is -0.411 e. The van der Waals surface area contributed by atoms with E-state index in [2.05, 4.69) is 10.5 Å². The summed E-state index contributed by atoms with van der Waals surface area (Å²) in [5.74, 6) is -0.427. The summed E-state index contributed by atoms with van der Waals surface area (Å²) in [5, 5.41) is 15.3. The van der Waals surface area contributed by atoms with Crippen molar-refractivity contribution in [2.75, 3.05) is 5.32 Å². The minimum atomic E-state index is -0.427. The third kappa shape index (κ3) is 3.35. The molecule has 1 amide bonds. The fourth-order valence-corrected chi connectivity index (χ4v) is 2.43. The van der Waals surface area contributed by atoms with E-state index in [1.807, 2.05) is 0 Å². The third-order valence-corrected chi connectivity index (χ3v) is 3.53. The average Bonchev–Trinajstić information content (AvgIpc) is 2.47. The molecule has 0 spiro atoms. The Morgan fingerprint density at radius 2 is 1.71 bits per heavy atom. The predicted molar refractivity (Wildman–Crippen MR) is 84.9 cm³/mol. The second kappa shape index (κ2) is 6.61. The first-order valence-electron chi connectivity index (χ1n) is 6.08. The van der Waals surface area contributed by atoms with E-state index in [-0.39, 0.29) is 15.6 Å². The van der Waals surface area contributed by atoms with Crippen LogP contribution in [0.3, 0.4) is 0 Å². The fraction of sp³-hybridized carbons (Fsp3) is 0.0667. The van der Waals surface area contributed by atoms with Crippen LogP contribution in [0.5, 0.6) is 0 Å². The van der Waals surface area contributed by atoms with Gasteiger partial charge in [-0.05, 0) is 25.1 Å². The van der Waals surface area contributed by atoms with Crippen molar-refractivity contribution in [2.45, 2.75) is 6.92 Å². The predicted octanol–water partition coefficient (Wildman–Crippen LogP) is 4.44. The van der Waals surface area contributed by atoms with Crippen molar-refractivity contribution in [1.29, 1.82) is 0 Å². The minimum absolute atomic E-state index is 0.203. The highest BCUT2D eigenvalue weighted by molar-refractivity contribution is 6.40. The van der Waals surface area contributed by atoms with Gasteiger partial charge in [-0.2, -0.15) is 0 Å². The van der Waals surface area contributed by atoms with Gasteiger partial charge in [0.25, 0.3) is 5.91 Å². The van der Waals surface area contributed by atoms with Crippen molar-refractivity contribution in [1.82, 2.24) is 0 Å². The molecule has 21 heavy (non-hydrogen) atoms. The molecule has 2 aromatic carbocycles. The Balaban J connectivity index is 2.37. The van der Waals surface area contributed by atoms with Crippen LogP contribution in [0.2, 0.25) is 10.0 Å². The number of nitrogens with zero attached hydrogens (tertiary/aromatic N) is 1. The molecule has 0 aromatic heterocycles. The smallest absolute Gasteiger partial charge is 0.258 e. The standard InChI is InChI=1S/C15H12Cl2N2O2/c1-9(19-21)10-5-2-3-8-13(10)18-15(20)14-11(16)6-4-7-12(14)17/h2-8,21H,1H3,(H,18,20)/b19-9+. The zero-order chi connectivity index (χ0) is 15.4. The summed E-state index contributed by atoms with van der Waals surface area (Å²) in [5.41, 5.74) is 1.70. The first-order valence-corrected chi connectivity index (χ1v) is 6.83. The lowest BCUT2D eigenvalue weighted by Crippen LogP contribution is -2.15. The van der Waals surface area contributed by atoms with Crippen LogP contribution in [0.15, 0.2) is 47.6 Å². The monoisotopic (exact) mass is 322 g/mol. The number of para-hydroxylation sites is 1. The number of rotatable bonds is 3. The van der Waals surface area contributed by atoms with Crippen LogP contribution < -0.4 is 5.32 Å². The van der Waals surface area contributed by atoms with Crippen LogP contribution >= 0.6 is 23.2 Å². The third-order valence-electron chi connectivity index (χ3n) is 2.90. The highest BCUT2D eigenvalue weighted by Crippen LogP contribution is 2.26. The van der Waals surface area contributed by atoms with Gasteiger partial charge >= 0.3 is 0 Å². The highest BCUT2D eigenvalue weighted by Gasteiger charge is 2.16. The summed E-state index contributed by atoms with van der Waals surface area (Å²) >= 11 is 12.0. The molecule has 0 saturated heterocycles. The first kappa shape index (κ1) is 15.4. The van der Waals surface area contributed by atoms with Gasteiger partial charge in [-0.25, -0.2) is 0 Å². The molecule has 108 valence electrons. The molecule has 0 aliphatic heterocycles. The molecule has 6 heteroatoms. The van der Waals surface area contributed by atoms with Crippen LogP contribution in [0, 0.1) is 0 Å². The summed E-state index contributed by atoms with van der Waals surface area (Å²) in [6.07, 6.45) is 0. The van der Waals surface area contributed by atoms with Gasteiger partial charge in [0.2, 0.25) is 0 Å². The van der Waals surface area contributed by atoms with Gasteiger partial charge in [0.1, 0.15) is 0 Å². The molecule has 0 saturated carbocycles. The highest BCUT2D eigenvalue weighted by atomic mass is 35.5. The molecule has 2 rings (SSSR count). The molecule has 0 aliphatic carbocycles. The summed E-state index contributed by atoms with van der Waals surface area (Å²) in [4.78, 5) is 12.3. The molecular formula is C15H12Cl2N2O2. The maximum atomic E-state index is 12.3.